The van der Waals surface area contributed by atoms with E-state index in [0.717, 1.165) is 31.6 Å². The minimum Gasteiger partial charge on any atom is -0.504 e. The molecule has 0 unspecified atom stereocenters. The first-order chi connectivity index (χ1) is 21.7. The van der Waals surface area contributed by atoms with Gasteiger partial charge in [-0.05, 0) is 12.5 Å². The fourth-order valence-electron chi connectivity index (χ4n) is 5.44. The number of phenols is 1. The normalized spacial score (nSPS) is 11.9. The molecule has 0 saturated carbocycles. The molecule has 0 atom stereocenters. The van der Waals surface area contributed by atoms with Gasteiger partial charge in [0.15, 0.2) is 21.3 Å². The fourth-order valence-corrected chi connectivity index (χ4v) is 6.27. The van der Waals surface area contributed by atoms with Gasteiger partial charge in [0.2, 0.25) is 0 Å². The number of hydrogen-bond acceptors (Lipinski definition) is 8. The summed E-state index contributed by atoms with van der Waals surface area (Å²) in [5.74, 6) is 0.281. The Kier molecular flexibility index (Phi) is 15.2. The van der Waals surface area contributed by atoms with E-state index in [1.807, 2.05) is 0 Å². The molecule has 0 radical (unpaired) electrons. The van der Waals surface area contributed by atoms with Crippen molar-refractivity contribution >= 4 is 37.7 Å². The standard InChI is InChI=1S/C35H49N3O6S/c1-3-4-5-6-7-8-9-10-11-12-13-14-15-16-17-20-25-44-33-27-32(29-21-18-19-22-30(29)35(33)39)37-36-31-24-23-28(38(40)41)26-34(31)45(2,42)43/h18-19,21-24,26-27,39H,3-17,20,25H2,1-2H3. The van der Waals surface area contributed by atoms with Crippen LogP contribution in [0.25, 0.3) is 10.8 Å². The molecule has 0 spiro atoms. The largest absolute Gasteiger partial charge is 0.504 e. The highest BCUT2D eigenvalue weighted by Crippen LogP contribution is 2.42. The van der Waals surface area contributed by atoms with Crippen molar-refractivity contribution in [2.75, 3.05) is 12.9 Å². The van der Waals surface area contributed by atoms with Crippen LogP contribution in [0.3, 0.4) is 0 Å². The molecule has 0 aliphatic rings. The van der Waals surface area contributed by atoms with Gasteiger partial charge in [0.25, 0.3) is 5.69 Å². The van der Waals surface area contributed by atoms with Crippen molar-refractivity contribution in [3.05, 3.63) is 58.6 Å². The summed E-state index contributed by atoms with van der Waals surface area (Å²) in [7, 11) is -3.81. The number of hydrogen-bond donors (Lipinski definition) is 1. The van der Waals surface area contributed by atoms with Crippen molar-refractivity contribution in [3.63, 3.8) is 0 Å². The number of nitrogens with zero attached hydrogens (tertiary/aromatic N) is 3. The Balaban J connectivity index is 1.47. The topological polar surface area (TPSA) is 131 Å². The highest BCUT2D eigenvalue weighted by atomic mass is 32.2. The first-order valence-corrected chi connectivity index (χ1v) is 18.4. The summed E-state index contributed by atoms with van der Waals surface area (Å²) in [4.78, 5) is 10.2. The first-order valence-electron chi connectivity index (χ1n) is 16.5. The zero-order valence-corrected chi connectivity index (χ0v) is 27.7. The summed E-state index contributed by atoms with van der Waals surface area (Å²) in [6.45, 7) is 2.71. The number of nitro benzene ring substituents is 1. The van der Waals surface area contributed by atoms with E-state index in [0.29, 0.717) is 23.1 Å². The van der Waals surface area contributed by atoms with E-state index in [4.69, 9.17) is 4.74 Å². The van der Waals surface area contributed by atoms with Crippen LogP contribution >= 0.6 is 0 Å². The van der Waals surface area contributed by atoms with E-state index in [9.17, 15) is 23.6 Å². The van der Waals surface area contributed by atoms with Gasteiger partial charge in [-0.1, -0.05) is 128 Å². The molecule has 0 aliphatic heterocycles. The molecule has 9 nitrogen and oxygen atoms in total. The second-order valence-electron chi connectivity index (χ2n) is 11.8. The molecule has 3 aromatic rings. The minimum absolute atomic E-state index is 0.00760. The average molecular weight is 640 g/mol. The molecule has 0 amide bonds. The molecular weight excluding hydrogens is 590 g/mol. The van der Waals surface area contributed by atoms with Crippen LogP contribution in [0.15, 0.2) is 63.7 Å². The Hall–Kier alpha value is -3.53. The number of nitro groups is 1. The summed E-state index contributed by atoms with van der Waals surface area (Å²) >= 11 is 0. The smallest absolute Gasteiger partial charge is 0.270 e. The van der Waals surface area contributed by atoms with Crippen molar-refractivity contribution in [2.45, 2.75) is 115 Å². The molecule has 10 heteroatoms. The lowest BCUT2D eigenvalue weighted by molar-refractivity contribution is -0.385. The molecule has 0 aliphatic carbocycles. The third-order valence-electron chi connectivity index (χ3n) is 8.03. The minimum atomic E-state index is -3.81. The second-order valence-corrected chi connectivity index (χ2v) is 13.8. The van der Waals surface area contributed by atoms with Gasteiger partial charge < -0.3 is 9.84 Å². The predicted octanol–water partition coefficient (Wildman–Crippen LogP) is 10.9. The summed E-state index contributed by atoms with van der Waals surface area (Å²) in [5.41, 5.74) is 0.00768. The van der Waals surface area contributed by atoms with Gasteiger partial charge in [-0.3, -0.25) is 10.1 Å². The highest BCUT2D eigenvalue weighted by molar-refractivity contribution is 7.90. The van der Waals surface area contributed by atoms with Crippen LogP contribution in [-0.4, -0.2) is 31.3 Å². The van der Waals surface area contributed by atoms with Gasteiger partial charge in [-0.15, -0.1) is 10.2 Å². The van der Waals surface area contributed by atoms with Gasteiger partial charge in [0.05, 0.1) is 17.2 Å². The van der Waals surface area contributed by atoms with Gasteiger partial charge in [-0.2, -0.15) is 0 Å². The van der Waals surface area contributed by atoms with Crippen LogP contribution in [0, 0.1) is 10.1 Å². The van der Waals surface area contributed by atoms with Crippen LogP contribution in [0.2, 0.25) is 0 Å². The van der Waals surface area contributed by atoms with Crippen LogP contribution in [0.4, 0.5) is 17.1 Å². The summed E-state index contributed by atoms with van der Waals surface area (Å²) < 4.78 is 30.6. The number of azo groups is 1. The number of aromatic hydroxyl groups is 1. The summed E-state index contributed by atoms with van der Waals surface area (Å²) in [6.07, 6.45) is 21.5. The molecule has 0 bridgehead atoms. The molecule has 0 saturated heterocycles. The molecule has 246 valence electrons. The van der Waals surface area contributed by atoms with E-state index in [1.54, 1.807) is 30.3 Å². The van der Waals surface area contributed by atoms with Crippen LogP contribution in [0.1, 0.15) is 110 Å². The number of benzene rings is 3. The van der Waals surface area contributed by atoms with Crippen molar-refractivity contribution < 1.29 is 23.2 Å². The maximum atomic E-state index is 12.3. The van der Waals surface area contributed by atoms with E-state index in [1.165, 1.54) is 95.6 Å². The zero-order valence-electron chi connectivity index (χ0n) is 26.9. The van der Waals surface area contributed by atoms with Crippen molar-refractivity contribution in [1.82, 2.24) is 0 Å². The Bertz CT molecular complexity index is 1510. The number of non-ortho nitro benzene ring substituents is 1. The van der Waals surface area contributed by atoms with E-state index in [2.05, 4.69) is 17.2 Å². The van der Waals surface area contributed by atoms with Crippen LogP contribution < -0.4 is 4.74 Å². The number of rotatable bonds is 22. The van der Waals surface area contributed by atoms with Gasteiger partial charge in [0.1, 0.15) is 10.6 Å². The third kappa shape index (κ3) is 12.1. The lowest BCUT2D eigenvalue weighted by Crippen LogP contribution is -1.99. The lowest BCUT2D eigenvalue weighted by Gasteiger charge is -2.12. The van der Waals surface area contributed by atoms with Gasteiger partial charge >= 0.3 is 0 Å². The molecular formula is C35H49N3O6S. The number of fused-ring (bicyclic) bond motifs is 1. The predicted molar refractivity (Wildman–Crippen MR) is 181 cm³/mol. The first kappa shape index (κ1) is 35.9. The second kappa shape index (κ2) is 19.1. The van der Waals surface area contributed by atoms with Crippen molar-refractivity contribution in [3.8, 4) is 11.5 Å². The van der Waals surface area contributed by atoms with Crippen molar-refractivity contribution in [2.24, 2.45) is 10.2 Å². The monoisotopic (exact) mass is 639 g/mol. The average Bonchev–Trinajstić information content (AvgIpc) is 3.02. The Morgan fingerprint density at radius 3 is 1.78 bits per heavy atom. The molecule has 3 aromatic carbocycles. The van der Waals surface area contributed by atoms with E-state index < -0.39 is 14.8 Å². The van der Waals surface area contributed by atoms with Crippen LogP contribution in [0.5, 0.6) is 11.5 Å². The summed E-state index contributed by atoms with van der Waals surface area (Å²) in [6, 6.07) is 12.1. The molecule has 1 N–H and O–H groups in total. The summed E-state index contributed by atoms with van der Waals surface area (Å²) in [5, 5.41) is 31.6. The number of sulfone groups is 1. The molecule has 3 rings (SSSR count). The Labute approximate surface area is 268 Å². The van der Waals surface area contributed by atoms with Crippen molar-refractivity contribution in [1.29, 1.82) is 0 Å². The maximum absolute atomic E-state index is 12.3. The van der Waals surface area contributed by atoms with E-state index in [-0.39, 0.29) is 27.8 Å². The van der Waals surface area contributed by atoms with Gasteiger partial charge in [-0.25, -0.2) is 8.42 Å². The SMILES string of the molecule is CCCCCCCCCCCCCCCCCCOc1cc(N=Nc2ccc([N+](=O)[O-])cc2S(C)(=O)=O)c2ccccc2c1O. The molecule has 45 heavy (non-hydrogen) atoms. The number of unbranched alkanes of at least 4 members (excludes halogenated alkanes) is 15. The maximum Gasteiger partial charge on any atom is 0.270 e. The third-order valence-corrected chi connectivity index (χ3v) is 9.16. The molecule has 0 aromatic heterocycles. The van der Waals surface area contributed by atoms with Gasteiger partial charge in [0, 0.05) is 35.2 Å². The number of ether oxygens (including phenoxy) is 1. The molecule has 0 heterocycles. The number of phenolic OH excluding ortho intramolecular Hbond substituents is 1. The van der Waals surface area contributed by atoms with Crippen LogP contribution in [-0.2, 0) is 9.84 Å². The van der Waals surface area contributed by atoms with E-state index >= 15 is 0 Å². The lowest BCUT2D eigenvalue weighted by atomic mass is 10.0. The highest BCUT2D eigenvalue weighted by Gasteiger charge is 2.19. The Morgan fingerprint density at radius 1 is 0.733 bits per heavy atom. The Morgan fingerprint density at radius 2 is 1.24 bits per heavy atom. The quantitative estimate of drug-likeness (QED) is 0.0503. The zero-order chi connectivity index (χ0) is 32.5. The fraction of sp³-hybridized carbons (Fsp3) is 0.543. The molecule has 0 fully saturated rings.